The lowest BCUT2D eigenvalue weighted by molar-refractivity contribution is 0.589. The van der Waals surface area contributed by atoms with Crippen molar-refractivity contribution in [3.8, 4) is 16.8 Å². The van der Waals surface area contributed by atoms with Crippen LogP contribution in [0.1, 0.15) is 16.8 Å². The molecule has 28 heavy (non-hydrogen) atoms. The standard InChI is InChI=1S/C19H13ClN4O2S2/c1-11-3-5-14(6-4-11)28(25,26)24-16(19-23-12(2)10-27-19)7-15-17(20)13(8-21)9-22-18(15)24/h3-7,9-10H,1-2H3. The maximum absolute atomic E-state index is 13.5. The maximum atomic E-state index is 13.5. The van der Waals surface area contributed by atoms with Crippen LogP contribution in [0.15, 0.2) is 46.8 Å². The summed E-state index contributed by atoms with van der Waals surface area (Å²) in [6.45, 7) is 3.72. The number of nitrogens with zero attached hydrogens (tertiary/aromatic N) is 4. The lowest BCUT2D eigenvalue weighted by Crippen LogP contribution is -2.14. The van der Waals surface area contributed by atoms with Gasteiger partial charge in [0.25, 0.3) is 10.0 Å². The van der Waals surface area contributed by atoms with Crippen molar-refractivity contribution < 1.29 is 8.42 Å². The fourth-order valence-electron chi connectivity index (χ4n) is 2.85. The Morgan fingerprint density at radius 3 is 2.54 bits per heavy atom. The van der Waals surface area contributed by atoms with Gasteiger partial charge >= 0.3 is 0 Å². The van der Waals surface area contributed by atoms with Gasteiger partial charge in [0.15, 0.2) is 5.65 Å². The van der Waals surface area contributed by atoms with Gasteiger partial charge in [0.05, 0.1) is 21.2 Å². The number of hydrogen-bond acceptors (Lipinski definition) is 6. The second kappa shape index (κ2) is 6.71. The number of benzene rings is 1. The molecule has 0 aliphatic carbocycles. The molecule has 0 bridgehead atoms. The molecule has 0 N–H and O–H groups in total. The molecule has 3 heterocycles. The van der Waals surface area contributed by atoms with E-state index in [1.54, 1.807) is 30.3 Å². The van der Waals surface area contributed by atoms with Gasteiger partial charge in [0.2, 0.25) is 0 Å². The first-order chi connectivity index (χ1) is 13.3. The highest BCUT2D eigenvalue weighted by atomic mass is 35.5. The van der Waals surface area contributed by atoms with Gasteiger partial charge in [-0.05, 0) is 32.0 Å². The summed E-state index contributed by atoms with van der Waals surface area (Å²) in [6.07, 6.45) is 1.28. The molecule has 0 radical (unpaired) electrons. The minimum atomic E-state index is -3.97. The van der Waals surface area contributed by atoms with E-state index in [0.29, 0.717) is 16.1 Å². The summed E-state index contributed by atoms with van der Waals surface area (Å²) in [5.41, 5.74) is 2.43. The normalized spacial score (nSPS) is 11.6. The van der Waals surface area contributed by atoms with Gasteiger partial charge in [-0.25, -0.2) is 22.4 Å². The first kappa shape index (κ1) is 18.6. The molecule has 0 fully saturated rings. The van der Waals surface area contributed by atoms with Gasteiger partial charge in [0, 0.05) is 22.7 Å². The molecule has 0 aliphatic heterocycles. The molecule has 0 amide bonds. The Balaban J connectivity index is 2.10. The van der Waals surface area contributed by atoms with E-state index in [0.717, 1.165) is 15.2 Å². The highest BCUT2D eigenvalue weighted by Crippen LogP contribution is 2.36. The number of hydrogen-bond donors (Lipinski definition) is 0. The summed E-state index contributed by atoms with van der Waals surface area (Å²) in [4.78, 5) is 8.79. The fourth-order valence-corrected chi connectivity index (χ4v) is 5.40. The molecule has 140 valence electrons. The van der Waals surface area contributed by atoms with Crippen molar-refractivity contribution in [2.45, 2.75) is 18.7 Å². The molecule has 6 nitrogen and oxygen atoms in total. The monoisotopic (exact) mass is 428 g/mol. The molecule has 0 saturated heterocycles. The topological polar surface area (TPSA) is 88.6 Å². The Morgan fingerprint density at radius 1 is 1.21 bits per heavy atom. The number of thiazole rings is 1. The molecule has 0 atom stereocenters. The Morgan fingerprint density at radius 2 is 1.93 bits per heavy atom. The molecule has 4 aromatic rings. The zero-order valence-corrected chi connectivity index (χ0v) is 17.2. The zero-order chi connectivity index (χ0) is 20.1. The largest absolute Gasteiger partial charge is 0.270 e. The third-order valence-corrected chi connectivity index (χ3v) is 7.35. The van der Waals surface area contributed by atoms with E-state index in [2.05, 4.69) is 9.97 Å². The zero-order valence-electron chi connectivity index (χ0n) is 14.8. The Labute approximate surface area is 170 Å². The molecular weight excluding hydrogens is 416 g/mol. The summed E-state index contributed by atoms with van der Waals surface area (Å²) in [7, 11) is -3.97. The number of nitriles is 1. The number of aromatic nitrogens is 3. The van der Waals surface area contributed by atoms with Gasteiger partial charge in [-0.2, -0.15) is 5.26 Å². The summed E-state index contributed by atoms with van der Waals surface area (Å²) < 4.78 is 28.1. The number of rotatable bonds is 3. The first-order valence-corrected chi connectivity index (χ1v) is 10.9. The molecule has 0 saturated carbocycles. The minimum absolute atomic E-state index is 0.132. The van der Waals surface area contributed by atoms with Crippen molar-refractivity contribution in [3.63, 3.8) is 0 Å². The minimum Gasteiger partial charge on any atom is -0.240 e. The average molecular weight is 429 g/mol. The maximum Gasteiger partial charge on any atom is 0.270 e. The van der Waals surface area contributed by atoms with E-state index < -0.39 is 10.0 Å². The van der Waals surface area contributed by atoms with Crippen LogP contribution in [0.3, 0.4) is 0 Å². The van der Waals surface area contributed by atoms with Crippen LogP contribution in [-0.2, 0) is 10.0 Å². The number of aryl methyl sites for hydroxylation is 2. The molecule has 4 rings (SSSR count). The van der Waals surface area contributed by atoms with Gasteiger partial charge in [0.1, 0.15) is 11.1 Å². The van der Waals surface area contributed by atoms with Crippen molar-refractivity contribution in [3.05, 3.63) is 63.8 Å². The highest BCUT2D eigenvalue weighted by molar-refractivity contribution is 7.90. The number of pyridine rings is 1. The van der Waals surface area contributed by atoms with E-state index in [-0.39, 0.29) is 21.1 Å². The van der Waals surface area contributed by atoms with Crippen molar-refractivity contribution in [1.29, 1.82) is 5.26 Å². The van der Waals surface area contributed by atoms with Crippen molar-refractivity contribution in [1.82, 2.24) is 13.9 Å². The lowest BCUT2D eigenvalue weighted by atomic mass is 10.2. The van der Waals surface area contributed by atoms with Crippen LogP contribution in [0.5, 0.6) is 0 Å². The van der Waals surface area contributed by atoms with Crippen molar-refractivity contribution >= 4 is 44.0 Å². The van der Waals surface area contributed by atoms with Gasteiger partial charge in [-0.1, -0.05) is 29.3 Å². The molecular formula is C19H13ClN4O2S2. The summed E-state index contributed by atoms with van der Waals surface area (Å²) in [5.74, 6) is 0. The number of fused-ring (bicyclic) bond motifs is 1. The predicted octanol–water partition coefficient (Wildman–Crippen LogP) is 4.54. The predicted molar refractivity (Wildman–Crippen MR) is 109 cm³/mol. The van der Waals surface area contributed by atoms with Gasteiger partial charge in [-0.3, -0.25) is 0 Å². The van der Waals surface area contributed by atoms with E-state index in [1.165, 1.54) is 17.5 Å². The number of halogens is 1. The molecule has 0 spiro atoms. The molecule has 0 unspecified atom stereocenters. The second-order valence-corrected chi connectivity index (χ2v) is 9.26. The van der Waals surface area contributed by atoms with E-state index in [4.69, 9.17) is 11.6 Å². The third-order valence-electron chi connectivity index (χ3n) is 4.24. The van der Waals surface area contributed by atoms with Gasteiger partial charge < -0.3 is 0 Å². The van der Waals surface area contributed by atoms with E-state index in [1.807, 2.05) is 25.3 Å². The van der Waals surface area contributed by atoms with Gasteiger partial charge in [-0.15, -0.1) is 11.3 Å². The summed E-state index contributed by atoms with van der Waals surface area (Å²) >= 11 is 7.68. The first-order valence-electron chi connectivity index (χ1n) is 8.17. The Hall–Kier alpha value is -2.73. The quantitative estimate of drug-likeness (QED) is 0.478. The van der Waals surface area contributed by atoms with Crippen molar-refractivity contribution in [2.75, 3.05) is 0 Å². The summed E-state index contributed by atoms with van der Waals surface area (Å²) in [5, 5.41) is 12.2. The second-order valence-electron chi connectivity index (χ2n) is 6.24. The fraction of sp³-hybridized carbons (Fsp3) is 0.105. The molecule has 0 aliphatic rings. The van der Waals surface area contributed by atoms with E-state index in [9.17, 15) is 13.7 Å². The van der Waals surface area contributed by atoms with Crippen LogP contribution in [0.2, 0.25) is 5.02 Å². The van der Waals surface area contributed by atoms with Crippen molar-refractivity contribution in [2.24, 2.45) is 0 Å². The Bertz CT molecular complexity index is 1360. The smallest absolute Gasteiger partial charge is 0.240 e. The molecule has 9 heteroatoms. The van der Waals surface area contributed by atoms with Crippen LogP contribution in [-0.4, -0.2) is 22.4 Å². The Kier molecular flexibility index (Phi) is 4.46. The van der Waals surface area contributed by atoms with Crippen LogP contribution >= 0.6 is 22.9 Å². The highest BCUT2D eigenvalue weighted by Gasteiger charge is 2.27. The van der Waals surface area contributed by atoms with Crippen LogP contribution < -0.4 is 0 Å². The van der Waals surface area contributed by atoms with E-state index >= 15 is 0 Å². The average Bonchev–Trinajstić information content (AvgIpc) is 3.26. The van der Waals surface area contributed by atoms with Crippen LogP contribution in [0.4, 0.5) is 0 Å². The third kappa shape index (κ3) is 2.88. The van der Waals surface area contributed by atoms with Crippen LogP contribution in [0, 0.1) is 25.2 Å². The van der Waals surface area contributed by atoms with Crippen LogP contribution in [0.25, 0.3) is 21.7 Å². The lowest BCUT2D eigenvalue weighted by Gasteiger charge is -2.10. The SMILES string of the molecule is Cc1ccc(S(=O)(=O)n2c(-c3nc(C)cs3)cc3c(Cl)c(C#N)cnc32)cc1. The molecule has 3 aromatic heterocycles. The molecule has 1 aromatic carbocycles. The summed E-state index contributed by atoms with van der Waals surface area (Å²) in [6, 6.07) is 10.2.